The molecule has 0 unspecified atom stereocenters. The summed E-state index contributed by atoms with van der Waals surface area (Å²) in [5.41, 5.74) is 4.16. The highest BCUT2D eigenvalue weighted by Crippen LogP contribution is 2.29. The van der Waals surface area contributed by atoms with Gasteiger partial charge in [0.15, 0.2) is 11.5 Å². The van der Waals surface area contributed by atoms with E-state index < -0.39 is 11.8 Å². The van der Waals surface area contributed by atoms with Crippen molar-refractivity contribution in [1.29, 1.82) is 0 Å². The number of methoxy groups -OCH3 is 1. The van der Waals surface area contributed by atoms with Crippen LogP contribution in [0.5, 0.6) is 11.5 Å². The molecular weight excluding hydrogens is 358 g/mol. The summed E-state index contributed by atoms with van der Waals surface area (Å²) in [6.07, 6.45) is 1.50. The Bertz CT molecular complexity index is 867. The van der Waals surface area contributed by atoms with Gasteiger partial charge in [0.1, 0.15) is 5.92 Å². The number of hydrazone groups is 1. The maximum absolute atomic E-state index is 12.6. The summed E-state index contributed by atoms with van der Waals surface area (Å²) < 4.78 is 10.8. The monoisotopic (exact) mass is 381 g/mol. The smallest absolute Gasteiger partial charge is 0.253 e. The molecule has 0 spiro atoms. The van der Waals surface area contributed by atoms with E-state index in [1.165, 1.54) is 6.21 Å². The molecule has 2 N–H and O–H groups in total. The van der Waals surface area contributed by atoms with Crippen molar-refractivity contribution in [3.05, 3.63) is 59.7 Å². The molecule has 7 nitrogen and oxygen atoms in total. The number of hydrogen-bond donors (Lipinski definition) is 2. The van der Waals surface area contributed by atoms with Crippen LogP contribution in [-0.4, -0.2) is 38.3 Å². The van der Waals surface area contributed by atoms with Gasteiger partial charge >= 0.3 is 0 Å². The Labute approximate surface area is 163 Å². The van der Waals surface area contributed by atoms with Crippen molar-refractivity contribution >= 4 is 18.0 Å². The van der Waals surface area contributed by atoms with Crippen LogP contribution in [0.25, 0.3) is 0 Å². The number of amides is 2. The average molecular weight is 381 g/mol. The standard InChI is InChI=1S/C21H23N3O4/c1-3-28-18-11-14(9-10-17(18)27-2)12-23-24-21(26)19-16(13-22-20(19)25)15-7-5-4-6-8-15/h4-12,16,19H,3,13H2,1-2H3,(H,22,25)(H,24,26)/b23-12+/t16-,19-/m0/s1. The number of nitrogens with zero attached hydrogens (tertiary/aromatic N) is 1. The van der Waals surface area contributed by atoms with E-state index in [-0.39, 0.29) is 11.8 Å². The maximum Gasteiger partial charge on any atom is 0.253 e. The molecule has 2 atom stereocenters. The molecule has 7 heteroatoms. The van der Waals surface area contributed by atoms with Gasteiger partial charge in [0, 0.05) is 12.5 Å². The van der Waals surface area contributed by atoms with Gasteiger partial charge in [0.05, 0.1) is 19.9 Å². The van der Waals surface area contributed by atoms with Gasteiger partial charge in [-0.2, -0.15) is 5.10 Å². The van der Waals surface area contributed by atoms with Gasteiger partial charge in [0.25, 0.3) is 5.91 Å². The lowest BCUT2D eigenvalue weighted by Crippen LogP contribution is -2.34. The van der Waals surface area contributed by atoms with Gasteiger partial charge in [-0.15, -0.1) is 0 Å². The summed E-state index contributed by atoms with van der Waals surface area (Å²) in [5.74, 6) is -0.525. The van der Waals surface area contributed by atoms with E-state index in [2.05, 4.69) is 15.8 Å². The molecule has 2 amide bonds. The molecule has 1 aliphatic heterocycles. The van der Waals surface area contributed by atoms with E-state index in [1.54, 1.807) is 25.3 Å². The predicted molar refractivity (Wildman–Crippen MR) is 106 cm³/mol. The van der Waals surface area contributed by atoms with Crippen molar-refractivity contribution in [2.45, 2.75) is 12.8 Å². The molecule has 1 saturated heterocycles. The molecule has 1 aliphatic rings. The van der Waals surface area contributed by atoms with E-state index in [4.69, 9.17) is 9.47 Å². The second-order valence-corrected chi connectivity index (χ2v) is 6.32. The molecule has 0 aliphatic carbocycles. The molecule has 28 heavy (non-hydrogen) atoms. The first-order valence-corrected chi connectivity index (χ1v) is 9.10. The molecule has 146 valence electrons. The van der Waals surface area contributed by atoms with Crippen LogP contribution in [0.15, 0.2) is 53.6 Å². The fourth-order valence-corrected chi connectivity index (χ4v) is 3.22. The third kappa shape index (κ3) is 4.31. The van der Waals surface area contributed by atoms with Crippen LogP contribution in [0.4, 0.5) is 0 Å². The Morgan fingerprint density at radius 1 is 1.25 bits per heavy atom. The number of hydrogen-bond acceptors (Lipinski definition) is 5. The number of benzene rings is 2. The highest BCUT2D eigenvalue weighted by atomic mass is 16.5. The summed E-state index contributed by atoms with van der Waals surface area (Å²) in [7, 11) is 1.57. The largest absolute Gasteiger partial charge is 0.493 e. The van der Waals surface area contributed by atoms with Crippen molar-refractivity contribution in [2.75, 3.05) is 20.3 Å². The Hall–Kier alpha value is -3.35. The number of nitrogens with one attached hydrogen (secondary N) is 2. The third-order valence-electron chi connectivity index (χ3n) is 4.57. The van der Waals surface area contributed by atoms with Crippen LogP contribution < -0.4 is 20.2 Å². The zero-order valence-electron chi connectivity index (χ0n) is 15.8. The first-order valence-electron chi connectivity index (χ1n) is 9.10. The molecule has 0 aromatic heterocycles. The Morgan fingerprint density at radius 2 is 2.04 bits per heavy atom. The number of ether oxygens (including phenoxy) is 2. The van der Waals surface area contributed by atoms with E-state index in [0.29, 0.717) is 24.7 Å². The molecule has 1 heterocycles. The first kappa shape index (κ1) is 19.4. The van der Waals surface area contributed by atoms with Crippen molar-refractivity contribution in [2.24, 2.45) is 11.0 Å². The van der Waals surface area contributed by atoms with Gasteiger partial charge in [-0.05, 0) is 36.2 Å². The zero-order valence-corrected chi connectivity index (χ0v) is 15.8. The maximum atomic E-state index is 12.6. The van der Waals surface area contributed by atoms with E-state index >= 15 is 0 Å². The van der Waals surface area contributed by atoms with Crippen LogP contribution in [0.1, 0.15) is 24.0 Å². The second kappa shape index (κ2) is 9.03. The Balaban J connectivity index is 1.69. The second-order valence-electron chi connectivity index (χ2n) is 6.32. The minimum Gasteiger partial charge on any atom is -0.493 e. The van der Waals surface area contributed by atoms with Crippen molar-refractivity contribution in [3.63, 3.8) is 0 Å². The van der Waals surface area contributed by atoms with Crippen LogP contribution in [-0.2, 0) is 9.59 Å². The molecule has 0 saturated carbocycles. The Kier molecular flexibility index (Phi) is 6.26. The molecule has 2 aromatic rings. The first-order chi connectivity index (χ1) is 13.6. The summed E-state index contributed by atoms with van der Waals surface area (Å²) >= 11 is 0. The van der Waals surface area contributed by atoms with Crippen LogP contribution in [0, 0.1) is 5.92 Å². The topological polar surface area (TPSA) is 89.0 Å². The highest BCUT2D eigenvalue weighted by Gasteiger charge is 2.40. The van der Waals surface area contributed by atoms with Gasteiger partial charge in [-0.3, -0.25) is 9.59 Å². The molecule has 3 rings (SSSR count). The third-order valence-corrected chi connectivity index (χ3v) is 4.57. The van der Waals surface area contributed by atoms with Crippen LogP contribution >= 0.6 is 0 Å². The van der Waals surface area contributed by atoms with Crippen LogP contribution in [0.2, 0.25) is 0 Å². The average Bonchev–Trinajstić information content (AvgIpc) is 3.10. The lowest BCUT2D eigenvalue weighted by molar-refractivity contribution is -0.133. The summed E-state index contributed by atoms with van der Waals surface area (Å²) in [6, 6.07) is 14.9. The molecule has 0 radical (unpaired) electrons. The number of rotatable bonds is 7. The number of carbonyl (C=O) groups excluding carboxylic acids is 2. The SMILES string of the molecule is CCOc1cc(/C=N/NC(=O)[C@@H]2C(=O)NC[C@H]2c2ccccc2)ccc1OC. The quantitative estimate of drug-likeness (QED) is 0.437. The summed E-state index contributed by atoms with van der Waals surface area (Å²) in [4.78, 5) is 24.7. The fraction of sp³-hybridized carbons (Fsp3) is 0.286. The van der Waals surface area contributed by atoms with Gasteiger partial charge in [-0.25, -0.2) is 5.43 Å². The van der Waals surface area contributed by atoms with Gasteiger partial charge < -0.3 is 14.8 Å². The fourth-order valence-electron chi connectivity index (χ4n) is 3.22. The molecule has 2 aromatic carbocycles. The normalized spacial score (nSPS) is 18.7. The van der Waals surface area contributed by atoms with Crippen molar-refractivity contribution in [1.82, 2.24) is 10.7 Å². The lowest BCUT2D eigenvalue weighted by atomic mass is 9.88. The summed E-state index contributed by atoms with van der Waals surface area (Å²) in [5, 5.41) is 6.76. The minimum absolute atomic E-state index is 0.213. The zero-order chi connectivity index (χ0) is 19.9. The van der Waals surface area contributed by atoms with Crippen molar-refractivity contribution in [3.8, 4) is 11.5 Å². The molecule has 1 fully saturated rings. The molecular formula is C21H23N3O4. The predicted octanol–water partition coefficient (Wildman–Crippen LogP) is 2.07. The van der Waals surface area contributed by atoms with E-state index in [1.807, 2.05) is 37.3 Å². The minimum atomic E-state index is -0.811. The van der Waals surface area contributed by atoms with E-state index in [9.17, 15) is 9.59 Å². The lowest BCUT2D eigenvalue weighted by Gasteiger charge is -2.15. The van der Waals surface area contributed by atoms with E-state index in [0.717, 1.165) is 11.1 Å². The summed E-state index contributed by atoms with van der Waals surface area (Å²) in [6.45, 7) is 2.82. The van der Waals surface area contributed by atoms with Gasteiger partial charge in [-0.1, -0.05) is 30.3 Å². The highest BCUT2D eigenvalue weighted by molar-refractivity contribution is 6.03. The number of carbonyl (C=O) groups is 2. The van der Waals surface area contributed by atoms with Crippen LogP contribution in [0.3, 0.4) is 0 Å². The Morgan fingerprint density at radius 3 is 2.75 bits per heavy atom. The molecule has 0 bridgehead atoms. The van der Waals surface area contributed by atoms with Crippen molar-refractivity contribution < 1.29 is 19.1 Å². The van der Waals surface area contributed by atoms with Gasteiger partial charge in [0.2, 0.25) is 5.91 Å².